The number of anilines is 1. The second-order valence-electron chi connectivity index (χ2n) is 5.85. The van der Waals surface area contributed by atoms with Gasteiger partial charge >= 0.3 is 0 Å². The highest BCUT2D eigenvalue weighted by Gasteiger charge is 2.24. The molecule has 0 spiro atoms. The smallest absolute Gasteiger partial charge is 0.271 e. The van der Waals surface area contributed by atoms with Crippen LogP contribution in [-0.4, -0.2) is 46.6 Å². The number of carbonyl (C=O) groups excluding carboxylic acids is 1. The predicted octanol–water partition coefficient (Wildman–Crippen LogP) is 2.28. The van der Waals surface area contributed by atoms with E-state index in [1.165, 1.54) is 18.2 Å². The van der Waals surface area contributed by atoms with E-state index in [2.05, 4.69) is 5.32 Å². The number of rotatable bonds is 5. The van der Waals surface area contributed by atoms with Crippen molar-refractivity contribution in [1.29, 1.82) is 0 Å². The number of likely N-dealkylation sites (tertiary alicyclic amines) is 1. The van der Waals surface area contributed by atoms with Crippen LogP contribution in [0.2, 0.25) is 5.02 Å². The molecular weight excluding hydrogens is 322 g/mol. The van der Waals surface area contributed by atoms with Gasteiger partial charge < -0.3 is 10.4 Å². The van der Waals surface area contributed by atoms with Crippen LogP contribution in [0.15, 0.2) is 18.2 Å². The van der Waals surface area contributed by atoms with Crippen molar-refractivity contribution in [3.8, 4) is 0 Å². The monoisotopic (exact) mass is 341 g/mol. The summed E-state index contributed by atoms with van der Waals surface area (Å²) in [7, 11) is 0. The zero-order valence-electron chi connectivity index (χ0n) is 12.9. The van der Waals surface area contributed by atoms with Crippen molar-refractivity contribution < 1.29 is 14.8 Å². The molecule has 0 bridgehead atoms. The van der Waals surface area contributed by atoms with E-state index in [0.29, 0.717) is 12.2 Å². The number of non-ortho nitro benzene ring substituents is 1. The molecule has 1 aromatic carbocycles. The molecule has 1 fully saturated rings. The van der Waals surface area contributed by atoms with Gasteiger partial charge in [-0.15, -0.1) is 0 Å². The highest BCUT2D eigenvalue weighted by Crippen LogP contribution is 2.26. The standard InChI is InChI=1S/C15H20ClN3O4/c1-10(20)11-3-2-6-18(8-11)9-15(21)17-14-5-4-12(19(22)23)7-13(14)16/h4-5,7,10-11,20H,2-3,6,8-9H2,1H3,(H,17,21). The van der Waals surface area contributed by atoms with Crippen molar-refractivity contribution >= 4 is 28.9 Å². The Labute approximate surface area is 139 Å². The van der Waals surface area contributed by atoms with E-state index in [9.17, 15) is 20.0 Å². The number of benzene rings is 1. The van der Waals surface area contributed by atoms with Gasteiger partial charge in [0.25, 0.3) is 5.69 Å². The zero-order valence-corrected chi connectivity index (χ0v) is 13.6. The van der Waals surface area contributed by atoms with Crippen molar-refractivity contribution in [1.82, 2.24) is 4.90 Å². The molecule has 2 N–H and O–H groups in total. The molecule has 1 aliphatic rings. The molecule has 1 heterocycles. The first-order valence-corrected chi connectivity index (χ1v) is 7.89. The molecular formula is C15H20ClN3O4. The van der Waals surface area contributed by atoms with Gasteiger partial charge in [-0.3, -0.25) is 19.8 Å². The van der Waals surface area contributed by atoms with Gasteiger partial charge in [0, 0.05) is 18.7 Å². The van der Waals surface area contributed by atoms with Crippen LogP contribution in [0.1, 0.15) is 19.8 Å². The molecule has 1 aliphatic heterocycles. The number of carbonyl (C=O) groups is 1. The van der Waals surface area contributed by atoms with Crippen LogP contribution in [0.3, 0.4) is 0 Å². The van der Waals surface area contributed by atoms with E-state index in [1.54, 1.807) is 6.92 Å². The average molecular weight is 342 g/mol. The van der Waals surface area contributed by atoms with Crippen LogP contribution in [0, 0.1) is 16.0 Å². The third-order valence-electron chi connectivity index (χ3n) is 4.03. The predicted molar refractivity (Wildman–Crippen MR) is 87.6 cm³/mol. The van der Waals surface area contributed by atoms with Crippen molar-refractivity contribution in [2.24, 2.45) is 5.92 Å². The lowest BCUT2D eigenvalue weighted by atomic mass is 9.93. The lowest BCUT2D eigenvalue weighted by Gasteiger charge is -2.33. The van der Waals surface area contributed by atoms with E-state index in [0.717, 1.165) is 19.4 Å². The molecule has 2 rings (SSSR count). The Bertz CT molecular complexity index is 594. The molecule has 1 amide bonds. The molecule has 0 saturated carbocycles. The molecule has 126 valence electrons. The molecule has 0 aromatic heterocycles. The first-order valence-electron chi connectivity index (χ1n) is 7.51. The van der Waals surface area contributed by atoms with Crippen molar-refractivity contribution in [3.63, 3.8) is 0 Å². The van der Waals surface area contributed by atoms with Crippen molar-refractivity contribution in [2.45, 2.75) is 25.9 Å². The van der Waals surface area contributed by atoms with Gasteiger partial charge in [0.05, 0.1) is 28.3 Å². The maximum atomic E-state index is 12.1. The number of hydrogen-bond donors (Lipinski definition) is 2. The van der Waals surface area contributed by atoms with E-state index in [1.807, 2.05) is 4.90 Å². The molecule has 1 aromatic rings. The second-order valence-corrected chi connectivity index (χ2v) is 6.25. The Kier molecular flexibility index (Phi) is 5.92. The van der Waals surface area contributed by atoms with E-state index in [4.69, 9.17) is 11.6 Å². The number of nitrogens with one attached hydrogen (secondary N) is 1. The summed E-state index contributed by atoms with van der Waals surface area (Å²) >= 11 is 5.96. The van der Waals surface area contributed by atoms with Gasteiger partial charge in [-0.2, -0.15) is 0 Å². The van der Waals surface area contributed by atoms with E-state index in [-0.39, 0.29) is 35.2 Å². The van der Waals surface area contributed by atoms with Gasteiger partial charge in [0.1, 0.15) is 0 Å². The molecule has 0 radical (unpaired) electrons. The van der Waals surface area contributed by atoms with E-state index < -0.39 is 4.92 Å². The normalized spacial score (nSPS) is 20.0. The lowest BCUT2D eigenvalue weighted by molar-refractivity contribution is -0.384. The zero-order chi connectivity index (χ0) is 17.0. The SMILES string of the molecule is CC(O)C1CCCN(CC(=O)Nc2ccc([N+](=O)[O-])cc2Cl)C1. The first kappa shape index (κ1) is 17.7. The van der Waals surface area contributed by atoms with Crippen LogP contribution in [0.25, 0.3) is 0 Å². The van der Waals surface area contributed by atoms with Crippen LogP contribution in [0.4, 0.5) is 11.4 Å². The largest absolute Gasteiger partial charge is 0.393 e. The minimum atomic E-state index is -0.540. The van der Waals surface area contributed by atoms with Crippen LogP contribution in [0.5, 0.6) is 0 Å². The fourth-order valence-corrected chi connectivity index (χ4v) is 2.96. The Hall–Kier alpha value is -1.70. The maximum absolute atomic E-state index is 12.1. The Morgan fingerprint density at radius 2 is 2.35 bits per heavy atom. The highest BCUT2D eigenvalue weighted by molar-refractivity contribution is 6.34. The molecule has 7 nitrogen and oxygen atoms in total. The van der Waals surface area contributed by atoms with Gasteiger partial charge in [-0.05, 0) is 38.3 Å². The molecule has 1 saturated heterocycles. The molecule has 2 atom stereocenters. The lowest BCUT2D eigenvalue weighted by Crippen LogP contribution is -2.43. The third kappa shape index (κ3) is 4.89. The number of nitro benzene ring substituents is 1. The fourth-order valence-electron chi connectivity index (χ4n) is 2.74. The van der Waals surface area contributed by atoms with Crippen molar-refractivity contribution in [2.75, 3.05) is 25.0 Å². The number of nitro groups is 1. The molecule has 8 heteroatoms. The minimum Gasteiger partial charge on any atom is -0.393 e. The summed E-state index contributed by atoms with van der Waals surface area (Å²) in [5.41, 5.74) is 0.232. The topological polar surface area (TPSA) is 95.7 Å². The maximum Gasteiger partial charge on any atom is 0.271 e. The second kappa shape index (κ2) is 7.72. The number of nitrogens with zero attached hydrogens (tertiary/aromatic N) is 2. The Balaban J connectivity index is 1.93. The fraction of sp³-hybridized carbons (Fsp3) is 0.533. The summed E-state index contributed by atoms with van der Waals surface area (Å²) in [4.78, 5) is 24.2. The first-order chi connectivity index (χ1) is 10.9. The van der Waals surface area contributed by atoms with Crippen molar-refractivity contribution in [3.05, 3.63) is 33.3 Å². The summed E-state index contributed by atoms with van der Waals surface area (Å²) in [5, 5.41) is 23.1. The Morgan fingerprint density at radius 3 is 2.96 bits per heavy atom. The summed E-state index contributed by atoms with van der Waals surface area (Å²) < 4.78 is 0. The number of piperidine rings is 1. The van der Waals surface area contributed by atoms with Gasteiger partial charge in [0.15, 0.2) is 0 Å². The van der Waals surface area contributed by atoms with Gasteiger partial charge in [-0.1, -0.05) is 11.6 Å². The number of halogens is 1. The number of aliphatic hydroxyl groups is 1. The minimum absolute atomic E-state index is 0.121. The summed E-state index contributed by atoms with van der Waals surface area (Å²) in [6, 6.07) is 3.93. The van der Waals surface area contributed by atoms with Gasteiger partial charge in [0.2, 0.25) is 5.91 Å². The van der Waals surface area contributed by atoms with Crippen LogP contribution in [-0.2, 0) is 4.79 Å². The third-order valence-corrected chi connectivity index (χ3v) is 4.34. The Morgan fingerprint density at radius 1 is 1.61 bits per heavy atom. The number of aliphatic hydroxyl groups excluding tert-OH is 1. The highest BCUT2D eigenvalue weighted by atomic mass is 35.5. The van der Waals surface area contributed by atoms with Crippen LogP contribution < -0.4 is 5.32 Å². The summed E-state index contributed by atoms with van der Waals surface area (Å²) in [6.07, 6.45) is 1.52. The summed E-state index contributed by atoms with van der Waals surface area (Å²) in [6.45, 7) is 3.46. The summed E-state index contributed by atoms with van der Waals surface area (Å²) in [5.74, 6) is -0.0495. The average Bonchev–Trinajstić information content (AvgIpc) is 2.49. The van der Waals surface area contributed by atoms with Crippen LogP contribution >= 0.6 is 11.6 Å². The quantitative estimate of drug-likeness (QED) is 0.632. The molecule has 0 aliphatic carbocycles. The molecule has 2 unspecified atom stereocenters. The molecule has 23 heavy (non-hydrogen) atoms. The van der Waals surface area contributed by atoms with Gasteiger partial charge in [-0.25, -0.2) is 0 Å². The number of amides is 1. The number of hydrogen-bond acceptors (Lipinski definition) is 5. The van der Waals surface area contributed by atoms with E-state index >= 15 is 0 Å².